The maximum absolute atomic E-state index is 11.2. The third kappa shape index (κ3) is 7.24. The molecule has 0 unspecified atom stereocenters. The van der Waals surface area contributed by atoms with E-state index in [1.165, 1.54) is 0 Å². The second-order valence-electron chi connectivity index (χ2n) is 7.54. The summed E-state index contributed by atoms with van der Waals surface area (Å²) in [6.45, 7) is -0.707. The predicted molar refractivity (Wildman–Crippen MR) is 99.9 cm³/mol. The molecule has 2 fully saturated rings. The zero-order valence-corrected chi connectivity index (χ0v) is 17.7. The smallest absolute Gasteiger partial charge is 0.303 e. The number of aliphatic hydroxyl groups is 7. The van der Waals surface area contributed by atoms with Crippen LogP contribution >= 0.6 is 0 Å². The van der Waals surface area contributed by atoms with Crippen LogP contribution < -0.4 is 0 Å². The molecule has 2 saturated heterocycles. The Hall–Kier alpha value is -1.50. The van der Waals surface area contributed by atoms with Crippen molar-refractivity contribution in [1.29, 1.82) is 0 Å². The Morgan fingerprint density at radius 2 is 1.39 bits per heavy atom. The Bertz CT molecular complexity index is 618. The van der Waals surface area contributed by atoms with Crippen molar-refractivity contribution in [1.82, 2.24) is 0 Å². The Morgan fingerprint density at radius 1 is 0.848 bits per heavy atom. The summed E-state index contributed by atoms with van der Waals surface area (Å²) >= 11 is 0. The van der Waals surface area contributed by atoms with Gasteiger partial charge in [-0.3, -0.25) is 9.59 Å². The van der Waals surface area contributed by atoms with Crippen LogP contribution in [0.4, 0.5) is 0 Å². The highest BCUT2D eigenvalue weighted by Crippen LogP contribution is 2.26. The van der Waals surface area contributed by atoms with E-state index in [9.17, 15) is 45.3 Å². The molecule has 7 N–H and O–H groups in total. The fourth-order valence-electron chi connectivity index (χ4n) is 3.29. The summed E-state index contributed by atoms with van der Waals surface area (Å²) < 4.78 is 30.7. The van der Waals surface area contributed by atoms with Crippen molar-refractivity contribution >= 4 is 12.4 Å². The van der Waals surface area contributed by atoms with Gasteiger partial charge in [0.25, 0.3) is 6.47 Å². The fourth-order valence-corrected chi connectivity index (χ4v) is 3.29. The highest BCUT2D eigenvalue weighted by Gasteiger charge is 2.47. The lowest BCUT2D eigenvalue weighted by Gasteiger charge is -2.42. The first-order chi connectivity index (χ1) is 15.6. The zero-order valence-electron chi connectivity index (χ0n) is 17.7. The van der Waals surface area contributed by atoms with Gasteiger partial charge >= 0.3 is 5.97 Å². The molecule has 0 aromatic heterocycles. The minimum Gasteiger partial charge on any atom is -0.464 e. The summed E-state index contributed by atoms with van der Waals surface area (Å²) in [5.74, 6) is -0.690. The first-order valence-electron chi connectivity index (χ1n) is 10.1. The minimum atomic E-state index is -1.74. The van der Waals surface area contributed by atoms with Gasteiger partial charge in [0, 0.05) is 6.92 Å². The van der Waals surface area contributed by atoms with E-state index in [-0.39, 0.29) is 13.1 Å². The molecule has 0 aliphatic carbocycles. The lowest BCUT2D eigenvalue weighted by molar-refractivity contribution is -0.332. The zero-order chi connectivity index (χ0) is 24.7. The highest BCUT2D eigenvalue weighted by atomic mass is 16.7. The molecule has 33 heavy (non-hydrogen) atoms. The largest absolute Gasteiger partial charge is 0.464 e. The molecular formula is C18H30O15. The molecule has 0 spiro atoms. The molecule has 192 valence electrons. The van der Waals surface area contributed by atoms with Gasteiger partial charge in [-0.15, -0.1) is 0 Å². The number of aliphatic hydroxyl groups excluding tert-OH is 7. The molecule has 2 aliphatic rings. The van der Waals surface area contributed by atoms with Crippen LogP contribution in [0, 0.1) is 0 Å². The SMILES string of the molecule is CC(=O)O[C@H](COC=O)CO[C@@H]1O[C@H](CO[C@H]2O[C@H](CO)[C@H](O)[C@H](O)[C@H]2O)[C@H](O)[C@H](O)[C@H]1O. The molecule has 0 amide bonds. The number of hydrogen-bond donors (Lipinski definition) is 7. The van der Waals surface area contributed by atoms with Crippen LogP contribution in [0.3, 0.4) is 0 Å². The normalized spacial score (nSPS) is 40.1. The Morgan fingerprint density at radius 3 is 1.94 bits per heavy atom. The predicted octanol–water partition coefficient (Wildman–Crippen LogP) is -5.27. The van der Waals surface area contributed by atoms with Crippen LogP contribution in [-0.2, 0) is 38.0 Å². The number of rotatable bonds is 11. The third-order valence-corrected chi connectivity index (χ3v) is 5.07. The van der Waals surface area contributed by atoms with Crippen LogP contribution in [0.25, 0.3) is 0 Å². The van der Waals surface area contributed by atoms with Gasteiger partial charge in [-0.2, -0.15) is 0 Å². The molecule has 2 heterocycles. The van der Waals surface area contributed by atoms with Crippen LogP contribution in [0.5, 0.6) is 0 Å². The number of ether oxygens (including phenoxy) is 6. The van der Waals surface area contributed by atoms with Crippen LogP contribution in [-0.4, -0.2) is 142 Å². The first-order valence-corrected chi connectivity index (χ1v) is 10.1. The summed E-state index contributed by atoms with van der Waals surface area (Å²) in [5.41, 5.74) is 0. The van der Waals surface area contributed by atoms with Gasteiger partial charge in [0.15, 0.2) is 18.7 Å². The summed E-state index contributed by atoms with van der Waals surface area (Å²) in [6, 6.07) is 0. The van der Waals surface area contributed by atoms with Gasteiger partial charge in [-0.05, 0) is 0 Å². The van der Waals surface area contributed by atoms with Gasteiger partial charge in [-0.1, -0.05) is 0 Å². The maximum Gasteiger partial charge on any atom is 0.303 e. The monoisotopic (exact) mass is 486 g/mol. The van der Waals surface area contributed by atoms with Gasteiger partial charge in [0.2, 0.25) is 0 Å². The van der Waals surface area contributed by atoms with E-state index in [0.29, 0.717) is 0 Å². The van der Waals surface area contributed by atoms with Crippen LogP contribution in [0.2, 0.25) is 0 Å². The average molecular weight is 486 g/mol. The molecule has 0 bridgehead atoms. The van der Waals surface area contributed by atoms with E-state index in [2.05, 4.69) is 4.74 Å². The van der Waals surface area contributed by atoms with Gasteiger partial charge in [0.05, 0.1) is 19.8 Å². The Labute approximate surface area is 187 Å². The third-order valence-electron chi connectivity index (χ3n) is 5.07. The summed E-state index contributed by atoms with van der Waals surface area (Å²) in [6.07, 6.45) is -16.7. The number of carbonyl (C=O) groups is 2. The second kappa shape index (κ2) is 12.8. The number of esters is 1. The molecule has 15 heteroatoms. The topological polar surface area (TPSA) is 231 Å². The van der Waals surface area contributed by atoms with Crippen LogP contribution in [0.1, 0.15) is 6.92 Å². The molecule has 2 aliphatic heterocycles. The van der Waals surface area contributed by atoms with Crippen molar-refractivity contribution in [2.24, 2.45) is 0 Å². The lowest BCUT2D eigenvalue weighted by atomic mass is 9.98. The molecule has 11 atom stereocenters. The number of hydrogen-bond acceptors (Lipinski definition) is 15. The fraction of sp³-hybridized carbons (Fsp3) is 0.889. The van der Waals surface area contributed by atoms with Crippen molar-refractivity contribution in [3.05, 3.63) is 0 Å². The molecule has 0 radical (unpaired) electrons. The van der Waals surface area contributed by atoms with Gasteiger partial charge in [0.1, 0.15) is 55.4 Å². The average Bonchev–Trinajstić information content (AvgIpc) is 2.78. The van der Waals surface area contributed by atoms with Crippen LogP contribution in [0.15, 0.2) is 0 Å². The Kier molecular flexibility index (Phi) is 10.8. The van der Waals surface area contributed by atoms with Crippen molar-refractivity contribution < 1.29 is 73.8 Å². The minimum absolute atomic E-state index is 0.134. The van der Waals surface area contributed by atoms with E-state index >= 15 is 0 Å². The molecule has 2 rings (SSSR count). The number of carbonyl (C=O) groups excluding carboxylic acids is 2. The van der Waals surface area contributed by atoms with Crippen molar-refractivity contribution in [3.8, 4) is 0 Å². The van der Waals surface area contributed by atoms with E-state index in [1.54, 1.807) is 0 Å². The molecule has 15 nitrogen and oxygen atoms in total. The lowest BCUT2D eigenvalue weighted by Crippen LogP contribution is -2.61. The summed E-state index contributed by atoms with van der Waals surface area (Å²) in [7, 11) is 0. The van der Waals surface area contributed by atoms with E-state index in [1.807, 2.05) is 0 Å². The van der Waals surface area contributed by atoms with Crippen molar-refractivity contribution in [3.63, 3.8) is 0 Å². The van der Waals surface area contributed by atoms with Crippen molar-refractivity contribution in [2.75, 3.05) is 26.4 Å². The summed E-state index contributed by atoms with van der Waals surface area (Å²) in [4.78, 5) is 21.5. The highest BCUT2D eigenvalue weighted by molar-refractivity contribution is 5.66. The second-order valence-corrected chi connectivity index (χ2v) is 7.54. The van der Waals surface area contributed by atoms with E-state index < -0.39 is 93.3 Å². The van der Waals surface area contributed by atoms with E-state index in [0.717, 1.165) is 6.92 Å². The summed E-state index contributed by atoms with van der Waals surface area (Å²) in [5, 5.41) is 69.3. The molecule has 0 aromatic rings. The quantitative estimate of drug-likeness (QED) is 0.107. The van der Waals surface area contributed by atoms with Crippen molar-refractivity contribution in [2.45, 2.75) is 74.4 Å². The molecule has 0 aromatic carbocycles. The van der Waals surface area contributed by atoms with Gasteiger partial charge in [-0.25, -0.2) is 0 Å². The first kappa shape index (κ1) is 27.7. The molecular weight excluding hydrogens is 456 g/mol. The maximum atomic E-state index is 11.2. The standard InChI is InChI=1S/C18H30O15/c1-7(21)31-8(3-28-6-20)4-29-17-16(27)14(25)12(23)10(33-17)5-30-18-15(26)13(24)11(22)9(2-19)32-18/h6,8-19,22-27H,2-5H2,1H3/t8-,9-,10-,11+,12+,13+,14+,15-,16-,17-,18+/m1/s1. The van der Waals surface area contributed by atoms with Gasteiger partial charge < -0.3 is 64.2 Å². The van der Waals surface area contributed by atoms with E-state index in [4.69, 9.17) is 23.7 Å². The Balaban J connectivity index is 1.97. The molecule has 0 saturated carbocycles.